The third-order valence-corrected chi connectivity index (χ3v) is 8.92. The lowest BCUT2D eigenvalue weighted by Gasteiger charge is -2.36. The summed E-state index contributed by atoms with van der Waals surface area (Å²) in [5.41, 5.74) is 2.03. The average molecular weight is 536 g/mol. The van der Waals surface area contributed by atoms with Gasteiger partial charge < -0.3 is 18.8 Å². The summed E-state index contributed by atoms with van der Waals surface area (Å²) in [6.07, 6.45) is 2.18. The van der Waals surface area contributed by atoms with Gasteiger partial charge in [0.15, 0.2) is 11.4 Å². The molecule has 0 aliphatic carbocycles. The number of esters is 1. The van der Waals surface area contributed by atoms with Crippen molar-refractivity contribution in [2.45, 2.75) is 35.9 Å². The highest BCUT2D eigenvalue weighted by Gasteiger charge is 2.43. The van der Waals surface area contributed by atoms with Crippen molar-refractivity contribution in [3.63, 3.8) is 0 Å². The van der Waals surface area contributed by atoms with E-state index < -0.39 is 21.9 Å². The molecule has 0 spiro atoms. The number of benzene rings is 2. The summed E-state index contributed by atoms with van der Waals surface area (Å²) in [4.78, 5) is 13.7. The topological polar surface area (TPSA) is 80.2 Å². The molecule has 2 aromatic carbocycles. The van der Waals surface area contributed by atoms with E-state index in [1.807, 2.05) is 43.3 Å². The van der Waals surface area contributed by atoms with E-state index in [0.29, 0.717) is 28.5 Å². The highest BCUT2D eigenvalue weighted by atomic mass is 79.9. The number of rotatable bonds is 9. The van der Waals surface area contributed by atoms with E-state index in [1.165, 1.54) is 0 Å². The molecular weight excluding hydrogens is 506 g/mol. The second kappa shape index (κ2) is 10.8. The fraction of sp³-hybridized carbons (Fsp3) is 0.400. The number of hydrogen-bond donors (Lipinski definition) is 0. The van der Waals surface area contributed by atoms with Gasteiger partial charge in [-0.1, -0.05) is 44.6 Å². The van der Waals surface area contributed by atoms with Crippen LogP contribution in [0.25, 0.3) is 0 Å². The highest BCUT2D eigenvalue weighted by Crippen LogP contribution is 2.51. The second-order valence-electron chi connectivity index (χ2n) is 7.84. The molecule has 4 atom stereocenters. The Labute approximate surface area is 205 Å². The number of allylic oxidation sites excluding steroid dienone is 1. The van der Waals surface area contributed by atoms with Crippen LogP contribution in [0.1, 0.15) is 30.4 Å². The number of carbonyl (C=O) groups is 1. The SMILES string of the molecule is C=CC(Br)C[C@@H](C(=O)OCC)[C@@H]1C[S+]([O-])(c2ccccc2)=Nc2c1cc(OC)c(C)c2OC. The zero-order valence-corrected chi connectivity index (χ0v) is 21.8. The summed E-state index contributed by atoms with van der Waals surface area (Å²) in [7, 11) is 0.264. The molecule has 0 saturated carbocycles. The molecule has 6 nitrogen and oxygen atoms in total. The molecule has 1 aliphatic rings. The van der Waals surface area contributed by atoms with Crippen molar-refractivity contribution in [3.05, 3.63) is 60.2 Å². The second-order valence-corrected chi connectivity index (χ2v) is 11.3. The van der Waals surface area contributed by atoms with Crippen LogP contribution in [0.3, 0.4) is 0 Å². The number of hydrogen-bond acceptors (Lipinski definition) is 6. The third kappa shape index (κ3) is 5.18. The van der Waals surface area contributed by atoms with Crippen molar-refractivity contribution in [2.75, 3.05) is 26.6 Å². The maximum Gasteiger partial charge on any atom is 0.309 e. The molecule has 0 saturated heterocycles. The molecular formula is C25H30BrNO5S. The first-order valence-electron chi connectivity index (χ1n) is 10.8. The van der Waals surface area contributed by atoms with Crippen molar-refractivity contribution >= 4 is 37.7 Å². The fourth-order valence-electron chi connectivity index (χ4n) is 4.22. The van der Waals surface area contributed by atoms with Crippen molar-refractivity contribution in [2.24, 2.45) is 10.3 Å². The van der Waals surface area contributed by atoms with Crippen molar-refractivity contribution in [1.29, 1.82) is 0 Å². The predicted octanol–water partition coefficient (Wildman–Crippen LogP) is 5.79. The van der Waals surface area contributed by atoms with Crippen molar-refractivity contribution in [3.8, 4) is 11.5 Å². The Hall–Kier alpha value is -2.16. The Balaban J connectivity index is 2.30. The number of ether oxygens (including phenoxy) is 3. The van der Waals surface area contributed by atoms with Crippen molar-refractivity contribution in [1.82, 2.24) is 0 Å². The first-order valence-corrected chi connectivity index (χ1v) is 13.4. The molecule has 33 heavy (non-hydrogen) atoms. The summed E-state index contributed by atoms with van der Waals surface area (Å²) in [6, 6.07) is 11.1. The maximum absolute atomic E-state index is 14.3. The van der Waals surface area contributed by atoms with Gasteiger partial charge in [0.05, 0.1) is 26.7 Å². The minimum atomic E-state index is -2.88. The van der Waals surface area contributed by atoms with Crippen LogP contribution in [0.4, 0.5) is 5.69 Å². The van der Waals surface area contributed by atoms with E-state index in [4.69, 9.17) is 18.6 Å². The Morgan fingerprint density at radius 2 is 2.03 bits per heavy atom. The first kappa shape index (κ1) is 25.5. The van der Waals surface area contributed by atoms with Gasteiger partial charge >= 0.3 is 5.97 Å². The van der Waals surface area contributed by atoms with Gasteiger partial charge in [-0.25, -0.2) is 0 Å². The van der Waals surface area contributed by atoms with Gasteiger partial charge in [-0.2, -0.15) is 0 Å². The van der Waals surface area contributed by atoms with Gasteiger partial charge in [0.2, 0.25) is 0 Å². The summed E-state index contributed by atoms with van der Waals surface area (Å²) in [6.45, 7) is 7.75. The molecule has 3 rings (SSSR count). The van der Waals surface area contributed by atoms with E-state index in [0.717, 1.165) is 11.1 Å². The lowest BCUT2D eigenvalue weighted by atomic mass is 9.82. The number of alkyl halides is 1. The van der Waals surface area contributed by atoms with Crippen LogP contribution in [-0.4, -0.2) is 41.9 Å². The predicted molar refractivity (Wildman–Crippen MR) is 134 cm³/mol. The average Bonchev–Trinajstić information content (AvgIpc) is 2.82. The summed E-state index contributed by atoms with van der Waals surface area (Å²) < 4.78 is 35.8. The number of methoxy groups -OCH3 is 2. The van der Waals surface area contributed by atoms with Crippen LogP contribution in [0.15, 0.2) is 58.3 Å². The molecule has 0 fully saturated rings. The molecule has 1 aliphatic heterocycles. The van der Waals surface area contributed by atoms with Gasteiger partial charge in [0.25, 0.3) is 0 Å². The lowest BCUT2D eigenvalue weighted by molar-refractivity contribution is -0.148. The third-order valence-electron chi connectivity index (χ3n) is 5.87. The zero-order valence-electron chi connectivity index (χ0n) is 19.4. The molecule has 0 bridgehead atoms. The van der Waals surface area contributed by atoms with Crippen LogP contribution < -0.4 is 9.47 Å². The first-order chi connectivity index (χ1) is 15.8. The maximum atomic E-state index is 14.3. The smallest absolute Gasteiger partial charge is 0.309 e. The van der Waals surface area contributed by atoms with Crippen LogP contribution in [0, 0.1) is 12.8 Å². The van der Waals surface area contributed by atoms with Crippen LogP contribution in [0.5, 0.6) is 11.5 Å². The quantitative estimate of drug-likeness (QED) is 0.176. The van der Waals surface area contributed by atoms with E-state index in [2.05, 4.69) is 22.5 Å². The molecule has 2 aromatic rings. The van der Waals surface area contributed by atoms with E-state index in [9.17, 15) is 9.35 Å². The summed E-state index contributed by atoms with van der Waals surface area (Å²) >= 11 is 3.57. The van der Waals surface area contributed by atoms with Crippen LogP contribution in [0.2, 0.25) is 0 Å². The highest BCUT2D eigenvalue weighted by molar-refractivity contribution is 9.09. The normalized spacial score (nSPS) is 21.2. The molecule has 0 amide bonds. The molecule has 8 heteroatoms. The number of halogens is 1. The van der Waals surface area contributed by atoms with Crippen LogP contribution >= 0.6 is 15.9 Å². The monoisotopic (exact) mass is 535 g/mol. The molecule has 178 valence electrons. The molecule has 1 heterocycles. The molecule has 2 unspecified atom stereocenters. The Bertz CT molecular complexity index is 1070. The Morgan fingerprint density at radius 3 is 2.61 bits per heavy atom. The zero-order chi connectivity index (χ0) is 24.2. The number of fused-ring (bicyclic) bond motifs is 1. The fourth-order valence-corrected chi connectivity index (χ4v) is 6.96. The number of nitrogens with zero attached hydrogens (tertiary/aromatic N) is 1. The van der Waals surface area contributed by atoms with Gasteiger partial charge in [0.1, 0.15) is 16.4 Å². The van der Waals surface area contributed by atoms with Crippen molar-refractivity contribution < 1.29 is 23.6 Å². The van der Waals surface area contributed by atoms with Crippen LogP contribution in [-0.2, 0) is 19.6 Å². The van der Waals surface area contributed by atoms with Gasteiger partial charge in [-0.3, -0.25) is 4.79 Å². The van der Waals surface area contributed by atoms with E-state index in [1.54, 1.807) is 27.2 Å². The minimum absolute atomic E-state index is 0.115. The lowest BCUT2D eigenvalue weighted by Crippen LogP contribution is -2.35. The molecule has 0 N–H and O–H groups in total. The summed E-state index contributed by atoms with van der Waals surface area (Å²) in [5.74, 6) is -0.0226. The van der Waals surface area contributed by atoms with E-state index >= 15 is 0 Å². The number of carbonyl (C=O) groups excluding carboxylic acids is 1. The van der Waals surface area contributed by atoms with E-state index in [-0.39, 0.29) is 23.2 Å². The standard InChI is InChI=1S/C25H30BrNO5S/c1-6-17(26)13-20(25(28)32-7-2)21-15-33(29,18-11-9-8-10-12-18)27-23-19(21)14-22(30-4)16(3)24(23)31-5/h6,8-12,14,17,20-21H,1,7,13,15H2,2-5H3/t17?,20-,21-,33?/m1/s1. The largest absolute Gasteiger partial charge is 0.626 e. The Morgan fingerprint density at radius 1 is 1.33 bits per heavy atom. The minimum Gasteiger partial charge on any atom is -0.626 e. The Kier molecular flexibility index (Phi) is 8.37. The molecule has 0 radical (unpaired) electrons. The van der Waals surface area contributed by atoms with Gasteiger partial charge in [0, 0.05) is 16.3 Å². The molecule has 0 aromatic heterocycles. The summed E-state index contributed by atoms with van der Waals surface area (Å²) in [5, 5.41) is 0. The van der Waals surface area contributed by atoms with Gasteiger partial charge in [-0.15, -0.1) is 6.58 Å². The van der Waals surface area contributed by atoms with Gasteiger partial charge in [-0.05, 0) is 54.1 Å².